The molecule has 0 aromatic heterocycles. The Bertz CT molecular complexity index is 169. The van der Waals surface area contributed by atoms with Crippen LogP contribution in [-0.4, -0.2) is 12.6 Å². The lowest BCUT2D eigenvalue weighted by molar-refractivity contribution is -0.137. The number of carbonyl (C=O) groups is 1. The van der Waals surface area contributed by atoms with Crippen LogP contribution >= 0.6 is 0 Å². The molecule has 0 fully saturated rings. The maximum absolute atomic E-state index is 10.7. The second-order valence-electron chi connectivity index (χ2n) is 2.34. The van der Waals surface area contributed by atoms with Crippen LogP contribution in [0.1, 0.15) is 26.7 Å². The molecule has 0 heterocycles. The molecular weight excluding hydrogens is 152 g/mol. The molecule has 2 nitrogen and oxygen atoms in total. The standard InChI is InChI=1S/C10H16O2/c1-3-5-6-7-9-12-10(11)8-4-2/h4-6,8H,3,7,9H2,1-2H3. The summed E-state index contributed by atoms with van der Waals surface area (Å²) in [7, 11) is 0. The van der Waals surface area contributed by atoms with E-state index in [1.807, 2.05) is 6.08 Å². The Labute approximate surface area is 73.9 Å². The highest BCUT2D eigenvalue weighted by molar-refractivity contribution is 5.81. The largest absolute Gasteiger partial charge is 0.462 e. The number of rotatable bonds is 5. The molecular formula is C10H16O2. The second kappa shape index (κ2) is 8.05. The van der Waals surface area contributed by atoms with Gasteiger partial charge in [0.25, 0.3) is 0 Å². The minimum Gasteiger partial charge on any atom is -0.462 e. The maximum atomic E-state index is 10.7. The fourth-order valence-electron chi connectivity index (χ4n) is 0.696. The Morgan fingerprint density at radius 1 is 1.42 bits per heavy atom. The zero-order valence-corrected chi connectivity index (χ0v) is 7.75. The molecule has 0 radical (unpaired) electrons. The quantitative estimate of drug-likeness (QED) is 0.273. The molecule has 0 saturated carbocycles. The maximum Gasteiger partial charge on any atom is 0.330 e. The number of hydrogen-bond acceptors (Lipinski definition) is 2. The van der Waals surface area contributed by atoms with E-state index < -0.39 is 0 Å². The molecule has 0 rings (SSSR count). The van der Waals surface area contributed by atoms with Crippen LogP contribution in [-0.2, 0) is 9.53 Å². The Balaban J connectivity index is 3.31. The number of ether oxygens (including phenoxy) is 1. The predicted molar refractivity (Wildman–Crippen MR) is 49.8 cm³/mol. The summed E-state index contributed by atoms with van der Waals surface area (Å²) in [5.41, 5.74) is 0. The molecule has 68 valence electrons. The van der Waals surface area contributed by atoms with Gasteiger partial charge in [0.2, 0.25) is 0 Å². The lowest BCUT2D eigenvalue weighted by atomic mass is 10.3. The molecule has 0 unspecified atom stereocenters. The third-order valence-electron chi connectivity index (χ3n) is 1.23. The van der Waals surface area contributed by atoms with Gasteiger partial charge in [-0.25, -0.2) is 4.79 Å². The minimum atomic E-state index is -0.262. The molecule has 0 aromatic carbocycles. The molecule has 0 saturated heterocycles. The van der Waals surface area contributed by atoms with Crippen molar-refractivity contribution in [3.05, 3.63) is 24.3 Å². The molecule has 12 heavy (non-hydrogen) atoms. The highest BCUT2D eigenvalue weighted by Crippen LogP contribution is 1.89. The summed E-state index contributed by atoms with van der Waals surface area (Å²) in [5.74, 6) is -0.262. The van der Waals surface area contributed by atoms with E-state index in [0.29, 0.717) is 6.61 Å². The van der Waals surface area contributed by atoms with Crippen LogP contribution in [0.5, 0.6) is 0 Å². The average Bonchev–Trinajstić information content (AvgIpc) is 2.05. The van der Waals surface area contributed by atoms with Crippen molar-refractivity contribution in [3.63, 3.8) is 0 Å². The van der Waals surface area contributed by atoms with E-state index in [1.165, 1.54) is 6.08 Å². The highest BCUT2D eigenvalue weighted by atomic mass is 16.5. The normalized spacial score (nSPS) is 11.2. The highest BCUT2D eigenvalue weighted by Gasteiger charge is 1.92. The Morgan fingerprint density at radius 3 is 2.75 bits per heavy atom. The third-order valence-corrected chi connectivity index (χ3v) is 1.23. The second-order valence-corrected chi connectivity index (χ2v) is 2.34. The van der Waals surface area contributed by atoms with E-state index in [-0.39, 0.29) is 5.97 Å². The van der Waals surface area contributed by atoms with E-state index in [9.17, 15) is 4.79 Å². The average molecular weight is 168 g/mol. The molecule has 0 spiro atoms. The van der Waals surface area contributed by atoms with Gasteiger partial charge in [0.05, 0.1) is 6.61 Å². The van der Waals surface area contributed by atoms with Gasteiger partial charge in [0.1, 0.15) is 0 Å². The number of hydrogen-bond donors (Lipinski definition) is 0. The lowest BCUT2D eigenvalue weighted by Crippen LogP contribution is -2.00. The van der Waals surface area contributed by atoms with Crippen LogP contribution in [0.2, 0.25) is 0 Å². The Morgan fingerprint density at radius 2 is 2.17 bits per heavy atom. The van der Waals surface area contributed by atoms with Gasteiger partial charge >= 0.3 is 5.97 Å². The van der Waals surface area contributed by atoms with Gasteiger partial charge in [-0.05, 0) is 19.8 Å². The first-order valence-electron chi connectivity index (χ1n) is 4.25. The smallest absolute Gasteiger partial charge is 0.330 e. The molecule has 0 bridgehead atoms. The molecule has 2 heteroatoms. The monoisotopic (exact) mass is 168 g/mol. The summed E-state index contributed by atoms with van der Waals surface area (Å²) >= 11 is 0. The number of carbonyl (C=O) groups excluding carboxylic acids is 1. The van der Waals surface area contributed by atoms with Gasteiger partial charge in [0.15, 0.2) is 0 Å². The number of allylic oxidation sites excluding steroid dienone is 2. The summed E-state index contributed by atoms with van der Waals surface area (Å²) in [6, 6.07) is 0. The van der Waals surface area contributed by atoms with E-state index in [2.05, 4.69) is 13.0 Å². The van der Waals surface area contributed by atoms with Gasteiger partial charge in [-0.15, -0.1) is 0 Å². The van der Waals surface area contributed by atoms with Crippen molar-refractivity contribution in [3.8, 4) is 0 Å². The molecule has 0 aliphatic heterocycles. The zero-order chi connectivity index (χ0) is 9.23. The fourth-order valence-corrected chi connectivity index (χ4v) is 0.696. The topological polar surface area (TPSA) is 26.3 Å². The van der Waals surface area contributed by atoms with E-state index in [4.69, 9.17) is 4.74 Å². The lowest BCUT2D eigenvalue weighted by Gasteiger charge is -1.96. The first-order chi connectivity index (χ1) is 5.81. The van der Waals surface area contributed by atoms with Crippen molar-refractivity contribution in [2.45, 2.75) is 26.7 Å². The van der Waals surface area contributed by atoms with Gasteiger partial charge < -0.3 is 4.74 Å². The van der Waals surface area contributed by atoms with Gasteiger partial charge in [-0.2, -0.15) is 0 Å². The summed E-state index contributed by atoms with van der Waals surface area (Å²) in [4.78, 5) is 10.7. The van der Waals surface area contributed by atoms with Crippen LogP contribution in [0.3, 0.4) is 0 Å². The zero-order valence-electron chi connectivity index (χ0n) is 7.75. The van der Waals surface area contributed by atoms with Crippen molar-refractivity contribution in [2.24, 2.45) is 0 Å². The third kappa shape index (κ3) is 7.06. The Kier molecular flexibility index (Phi) is 7.35. The van der Waals surface area contributed by atoms with Gasteiger partial charge in [0, 0.05) is 6.08 Å². The van der Waals surface area contributed by atoms with Crippen LogP contribution in [0, 0.1) is 0 Å². The SMILES string of the molecule is CC=CC(=O)OCCC=CCC. The molecule has 0 aromatic rings. The molecule has 0 amide bonds. The molecule has 0 aliphatic carbocycles. The minimum absolute atomic E-state index is 0.262. The summed E-state index contributed by atoms with van der Waals surface area (Å²) in [6.45, 7) is 4.33. The first kappa shape index (κ1) is 11.0. The first-order valence-corrected chi connectivity index (χ1v) is 4.25. The van der Waals surface area contributed by atoms with Crippen molar-refractivity contribution in [1.82, 2.24) is 0 Å². The molecule has 0 aliphatic rings. The molecule has 0 N–H and O–H groups in total. The Hall–Kier alpha value is -1.05. The van der Waals surface area contributed by atoms with Crippen LogP contribution in [0.4, 0.5) is 0 Å². The van der Waals surface area contributed by atoms with Crippen LogP contribution in [0.15, 0.2) is 24.3 Å². The summed E-state index contributed by atoms with van der Waals surface area (Å²) in [5, 5.41) is 0. The number of esters is 1. The van der Waals surface area contributed by atoms with Crippen molar-refractivity contribution in [1.29, 1.82) is 0 Å². The van der Waals surface area contributed by atoms with Crippen LogP contribution < -0.4 is 0 Å². The van der Waals surface area contributed by atoms with E-state index >= 15 is 0 Å². The van der Waals surface area contributed by atoms with Crippen molar-refractivity contribution < 1.29 is 9.53 Å². The predicted octanol–water partition coefficient (Wildman–Crippen LogP) is 2.46. The van der Waals surface area contributed by atoms with E-state index in [1.54, 1.807) is 13.0 Å². The fraction of sp³-hybridized carbons (Fsp3) is 0.500. The van der Waals surface area contributed by atoms with Crippen LogP contribution in [0.25, 0.3) is 0 Å². The summed E-state index contributed by atoms with van der Waals surface area (Å²) in [6.07, 6.45) is 9.00. The van der Waals surface area contributed by atoms with Gasteiger partial charge in [-0.1, -0.05) is 25.2 Å². The summed E-state index contributed by atoms with van der Waals surface area (Å²) < 4.78 is 4.85. The van der Waals surface area contributed by atoms with Crippen molar-refractivity contribution >= 4 is 5.97 Å². The van der Waals surface area contributed by atoms with E-state index in [0.717, 1.165) is 12.8 Å². The van der Waals surface area contributed by atoms with Gasteiger partial charge in [-0.3, -0.25) is 0 Å². The van der Waals surface area contributed by atoms with Crippen molar-refractivity contribution in [2.75, 3.05) is 6.61 Å². The molecule has 0 atom stereocenters.